The molecular formula is C10H13N7O2. The number of nitrogens with zero attached hydrogens (tertiary/aromatic N) is 3. The number of para-hydroxylation sites is 1. The minimum absolute atomic E-state index is 0.0417. The lowest BCUT2D eigenvalue weighted by atomic mass is 10.2. The number of nitrogen functional groups attached to an aromatic ring is 4. The van der Waals surface area contributed by atoms with Crippen LogP contribution in [0.25, 0.3) is 0 Å². The maximum absolute atomic E-state index is 10.3. The SMILES string of the molecule is Nc1ccccc1C(=O)O.Nc1nc(N)nc(N)n1. The van der Waals surface area contributed by atoms with Gasteiger partial charge in [-0.05, 0) is 12.1 Å². The number of hydrogen-bond donors (Lipinski definition) is 5. The largest absolute Gasteiger partial charge is 0.478 e. The van der Waals surface area contributed by atoms with E-state index >= 15 is 0 Å². The van der Waals surface area contributed by atoms with E-state index in [2.05, 4.69) is 15.0 Å². The van der Waals surface area contributed by atoms with Crippen LogP contribution >= 0.6 is 0 Å². The molecule has 2 rings (SSSR count). The van der Waals surface area contributed by atoms with Crippen LogP contribution in [0.4, 0.5) is 23.5 Å². The molecule has 0 bridgehead atoms. The van der Waals surface area contributed by atoms with Crippen LogP contribution in [0.5, 0.6) is 0 Å². The quantitative estimate of drug-likeness (QED) is 0.427. The van der Waals surface area contributed by atoms with Gasteiger partial charge < -0.3 is 28.0 Å². The van der Waals surface area contributed by atoms with Gasteiger partial charge in [-0.1, -0.05) is 12.1 Å². The first-order valence-electron chi connectivity index (χ1n) is 5.00. The van der Waals surface area contributed by atoms with Gasteiger partial charge in [0.15, 0.2) is 0 Å². The molecule has 1 aromatic heterocycles. The van der Waals surface area contributed by atoms with Crippen LogP contribution < -0.4 is 22.9 Å². The number of carboxylic acids is 1. The minimum Gasteiger partial charge on any atom is -0.478 e. The second kappa shape index (κ2) is 6.00. The van der Waals surface area contributed by atoms with Crippen molar-refractivity contribution in [1.29, 1.82) is 0 Å². The van der Waals surface area contributed by atoms with Gasteiger partial charge in [0, 0.05) is 5.69 Å². The highest BCUT2D eigenvalue weighted by Gasteiger charge is 2.03. The molecule has 1 heterocycles. The molecule has 0 radical (unpaired) electrons. The molecule has 0 atom stereocenters. The molecule has 0 fully saturated rings. The summed E-state index contributed by atoms with van der Waals surface area (Å²) in [6, 6.07) is 6.36. The predicted octanol–water partition coefficient (Wildman–Crippen LogP) is -0.415. The molecule has 0 aliphatic rings. The Kier molecular flexibility index (Phi) is 4.41. The molecule has 9 nitrogen and oxygen atoms in total. The van der Waals surface area contributed by atoms with Crippen molar-refractivity contribution in [2.24, 2.45) is 0 Å². The van der Waals surface area contributed by atoms with E-state index in [1.54, 1.807) is 18.2 Å². The molecular weight excluding hydrogens is 250 g/mol. The van der Waals surface area contributed by atoms with Crippen molar-refractivity contribution in [1.82, 2.24) is 15.0 Å². The second-order valence-electron chi connectivity index (χ2n) is 3.30. The summed E-state index contributed by atoms with van der Waals surface area (Å²) < 4.78 is 0. The highest BCUT2D eigenvalue weighted by molar-refractivity contribution is 5.93. The van der Waals surface area contributed by atoms with Crippen LogP contribution in [0, 0.1) is 0 Å². The molecule has 0 unspecified atom stereocenters. The summed E-state index contributed by atoms with van der Waals surface area (Å²) >= 11 is 0. The van der Waals surface area contributed by atoms with E-state index in [4.69, 9.17) is 28.0 Å². The van der Waals surface area contributed by atoms with E-state index in [1.165, 1.54) is 6.07 Å². The van der Waals surface area contributed by atoms with E-state index in [9.17, 15) is 4.79 Å². The number of anilines is 4. The highest BCUT2D eigenvalue weighted by atomic mass is 16.4. The van der Waals surface area contributed by atoms with Crippen molar-refractivity contribution in [2.45, 2.75) is 0 Å². The highest BCUT2D eigenvalue weighted by Crippen LogP contribution is 2.09. The first-order chi connectivity index (χ1) is 8.90. The molecule has 1 aromatic carbocycles. The lowest BCUT2D eigenvalue weighted by Gasteiger charge is -1.96. The first-order valence-corrected chi connectivity index (χ1v) is 5.00. The summed E-state index contributed by atoms with van der Waals surface area (Å²) in [5.41, 5.74) is 21.2. The monoisotopic (exact) mass is 263 g/mol. The molecule has 0 spiro atoms. The Labute approximate surface area is 108 Å². The lowest BCUT2D eigenvalue weighted by Crippen LogP contribution is -2.05. The number of aromatic nitrogens is 3. The molecule has 0 aliphatic carbocycles. The summed E-state index contributed by atoms with van der Waals surface area (Å²) in [6.07, 6.45) is 0. The molecule has 19 heavy (non-hydrogen) atoms. The van der Waals surface area contributed by atoms with Gasteiger partial charge in [-0.15, -0.1) is 0 Å². The number of aromatic carboxylic acids is 1. The van der Waals surface area contributed by atoms with E-state index in [0.29, 0.717) is 5.69 Å². The van der Waals surface area contributed by atoms with E-state index < -0.39 is 5.97 Å². The van der Waals surface area contributed by atoms with Crippen LogP contribution in [-0.4, -0.2) is 26.0 Å². The Morgan fingerprint density at radius 3 is 1.63 bits per heavy atom. The van der Waals surface area contributed by atoms with Gasteiger partial charge in [-0.2, -0.15) is 15.0 Å². The Balaban J connectivity index is 0.000000191. The maximum atomic E-state index is 10.3. The number of rotatable bonds is 1. The molecule has 2 aromatic rings. The van der Waals surface area contributed by atoms with Gasteiger partial charge in [-0.3, -0.25) is 0 Å². The van der Waals surface area contributed by atoms with Gasteiger partial charge >= 0.3 is 5.97 Å². The van der Waals surface area contributed by atoms with Crippen molar-refractivity contribution < 1.29 is 9.90 Å². The van der Waals surface area contributed by atoms with Gasteiger partial charge in [0.25, 0.3) is 0 Å². The summed E-state index contributed by atoms with van der Waals surface area (Å²) in [7, 11) is 0. The molecule has 0 saturated heterocycles. The Morgan fingerprint density at radius 1 is 0.895 bits per heavy atom. The maximum Gasteiger partial charge on any atom is 0.337 e. The lowest BCUT2D eigenvalue weighted by molar-refractivity contribution is 0.0698. The van der Waals surface area contributed by atoms with Gasteiger partial charge in [0.1, 0.15) is 0 Å². The zero-order valence-corrected chi connectivity index (χ0v) is 9.82. The van der Waals surface area contributed by atoms with Crippen LogP contribution in [0.15, 0.2) is 24.3 Å². The first kappa shape index (κ1) is 14.0. The van der Waals surface area contributed by atoms with Crippen LogP contribution in [0.1, 0.15) is 10.4 Å². The summed E-state index contributed by atoms with van der Waals surface area (Å²) in [5, 5.41) is 8.49. The Morgan fingerprint density at radius 2 is 1.32 bits per heavy atom. The number of benzene rings is 1. The summed E-state index contributed by atoms with van der Waals surface area (Å²) in [6.45, 7) is 0. The van der Waals surface area contributed by atoms with Crippen LogP contribution in [0.3, 0.4) is 0 Å². The van der Waals surface area contributed by atoms with E-state index in [0.717, 1.165) is 0 Å². The normalized spacial score (nSPS) is 9.26. The zero-order valence-electron chi connectivity index (χ0n) is 9.82. The third kappa shape index (κ3) is 4.34. The fourth-order valence-corrected chi connectivity index (χ4v) is 1.12. The van der Waals surface area contributed by atoms with Crippen molar-refractivity contribution in [3.8, 4) is 0 Å². The fourth-order valence-electron chi connectivity index (χ4n) is 1.12. The molecule has 9 heteroatoms. The second-order valence-corrected chi connectivity index (χ2v) is 3.30. The Hall–Kier alpha value is -3.10. The average molecular weight is 263 g/mol. The number of hydrogen-bond acceptors (Lipinski definition) is 8. The average Bonchev–Trinajstić information content (AvgIpc) is 2.27. The van der Waals surface area contributed by atoms with Gasteiger partial charge in [0.05, 0.1) is 5.56 Å². The Bertz CT molecular complexity index is 537. The minimum atomic E-state index is -0.988. The third-order valence-electron chi connectivity index (χ3n) is 1.88. The van der Waals surface area contributed by atoms with Crippen molar-refractivity contribution in [3.05, 3.63) is 29.8 Å². The van der Waals surface area contributed by atoms with Crippen LogP contribution in [-0.2, 0) is 0 Å². The topological polar surface area (TPSA) is 180 Å². The molecule has 0 aliphatic heterocycles. The molecule has 9 N–H and O–H groups in total. The number of carboxylic acid groups (broad SMARTS) is 1. The summed E-state index contributed by atoms with van der Waals surface area (Å²) in [4.78, 5) is 20.8. The summed E-state index contributed by atoms with van der Waals surface area (Å²) in [5.74, 6) is -0.863. The van der Waals surface area contributed by atoms with Crippen LogP contribution in [0.2, 0.25) is 0 Å². The van der Waals surface area contributed by atoms with E-state index in [-0.39, 0.29) is 23.4 Å². The zero-order chi connectivity index (χ0) is 14.4. The number of carbonyl (C=O) groups is 1. The fraction of sp³-hybridized carbons (Fsp3) is 0. The standard InChI is InChI=1S/C7H7NO2.C3H6N6/c8-6-4-2-1-3-5(6)7(9)10;4-1-7-2(5)9-3(6)8-1/h1-4H,8H2,(H,9,10);(H6,4,5,6,7,8,9). The van der Waals surface area contributed by atoms with Gasteiger partial charge in [0.2, 0.25) is 17.8 Å². The third-order valence-corrected chi connectivity index (χ3v) is 1.88. The van der Waals surface area contributed by atoms with Crippen molar-refractivity contribution >= 4 is 29.5 Å². The molecule has 100 valence electrons. The van der Waals surface area contributed by atoms with Gasteiger partial charge in [-0.25, -0.2) is 4.79 Å². The smallest absolute Gasteiger partial charge is 0.337 e. The van der Waals surface area contributed by atoms with E-state index in [1.807, 2.05) is 0 Å². The van der Waals surface area contributed by atoms with Crippen molar-refractivity contribution in [2.75, 3.05) is 22.9 Å². The molecule has 0 saturated carbocycles. The number of nitrogens with two attached hydrogens (primary N) is 4. The molecule has 0 amide bonds. The van der Waals surface area contributed by atoms with Crippen molar-refractivity contribution in [3.63, 3.8) is 0 Å². The predicted molar refractivity (Wildman–Crippen MR) is 70.9 cm³/mol.